The van der Waals surface area contributed by atoms with Crippen LogP contribution in [-0.2, 0) is 0 Å². The van der Waals surface area contributed by atoms with Crippen LogP contribution in [0.15, 0.2) is 29.2 Å². The normalized spacial score (nSPS) is 10.0. The van der Waals surface area contributed by atoms with E-state index in [2.05, 4.69) is 0 Å². The van der Waals surface area contributed by atoms with Gasteiger partial charge in [-0.3, -0.25) is 0 Å². The fourth-order valence-corrected chi connectivity index (χ4v) is 1.83. The van der Waals surface area contributed by atoms with Gasteiger partial charge in [-0.2, -0.15) is 5.48 Å². The van der Waals surface area contributed by atoms with E-state index in [0.29, 0.717) is 11.1 Å². The monoisotopic (exact) mass is 190 g/mol. The maximum absolute atomic E-state index is 8.72. The van der Waals surface area contributed by atoms with Gasteiger partial charge in [0.2, 0.25) is 0 Å². The standard InChI is InChI=1S/C6H7NO2S2/c8-7-5-3-1-2-4-6(5)10-11-9/h1-4,7-9H/p+1. The van der Waals surface area contributed by atoms with Crippen LogP contribution in [0, 0.1) is 0 Å². The molecule has 1 rings (SSSR count). The molecular formula is C6H8NO2S2+. The molecule has 0 spiro atoms. The van der Waals surface area contributed by atoms with Crippen molar-refractivity contribution in [1.29, 1.82) is 0 Å². The molecule has 1 aromatic carbocycles. The van der Waals surface area contributed by atoms with E-state index in [-0.39, 0.29) is 0 Å². The Hall–Kier alpha value is -0.200. The van der Waals surface area contributed by atoms with Gasteiger partial charge in [0.15, 0.2) is 5.69 Å². The second-order valence-electron chi connectivity index (χ2n) is 1.82. The molecule has 0 aliphatic heterocycles. The molecule has 60 valence electrons. The van der Waals surface area contributed by atoms with Crippen molar-refractivity contribution in [1.82, 2.24) is 0 Å². The predicted octanol–water partition coefficient (Wildman–Crippen LogP) is 1.48. The molecule has 0 aromatic heterocycles. The van der Waals surface area contributed by atoms with Gasteiger partial charge in [0, 0.05) is 6.07 Å². The van der Waals surface area contributed by atoms with Gasteiger partial charge in [-0.05, 0) is 16.9 Å². The van der Waals surface area contributed by atoms with E-state index in [0.717, 1.165) is 16.1 Å². The van der Waals surface area contributed by atoms with Gasteiger partial charge >= 0.3 is 0 Å². The van der Waals surface area contributed by atoms with E-state index < -0.39 is 0 Å². The summed E-state index contributed by atoms with van der Waals surface area (Å²) in [6.07, 6.45) is 0. The van der Waals surface area contributed by atoms with Crippen molar-refractivity contribution >= 4 is 27.6 Å². The molecule has 0 amide bonds. The number of benzene rings is 1. The van der Waals surface area contributed by atoms with Crippen LogP contribution in [0.2, 0.25) is 0 Å². The van der Waals surface area contributed by atoms with E-state index in [4.69, 9.17) is 9.76 Å². The molecule has 11 heavy (non-hydrogen) atoms. The maximum atomic E-state index is 8.72. The molecule has 5 heteroatoms. The van der Waals surface area contributed by atoms with Gasteiger partial charge in [0.1, 0.15) is 0 Å². The highest BCUT2D eigenvalue weighted by Crippen LogP contribution is 2.31. The third kappa shape index (κ3) is 2.39. The summed E-state index contributed by atoms with van der Waals surface area (Å²) in [4.78, 5) is 0.850. The largest absolute Gasteiger partial charge is 0.320 e. The van der Waals surface area contributed by atoms with E-state index in [1.54, 1.807) is 6.07 Å². The van der Waals surface area contributed by atoms with Crippen molar-refractivity contribution in [3.63, 3.8) is 0 Å². The zero-order chi connectivity index (χ0) is 8.10. The summed E-state index contributed by atoms with van der Waals surface area (Å²) in [7, 11) is 1.21. The second-order valence-corrected chi connectivity index (χ2v) is 3.53. The van der Waals surface area contributed by atoms with Gasteiger partial charge < -0.3 is 4.55 Å². The van der Waals surface area contributed by atoms with Crippen LogP contribution in [0.1, 0.15) is 0 Å². The molecule has 0 unspecified atom stereocenters. The van der Waals surface area contributed by atoms with Crippen molar-refractivity contribution in [2.75, 3.05) is 0 Å². The molecule has 0 atom stereocenters. The van der Waals surface area contributed by atoms with Crippen LogP contribution >= 0.6 is 21.9 Å². The molecule has 0 fully saturated rings. The van der Waals surface area contributed by atoms with Crippen LogP contribution in [0.5, 0.6) is 0 Å². The van der Waals surface area contributed by atoms with Gasteiger partial charge in [-0.1, -0.05) is 12.1 Å². The Morgan fingerprint density at radius 2 is 2.00 bits per heavy atom. The van der Waals surface area contributed by atoms with E-state index >= 15 is 0 Å². The van der Waals surface area contributed by atoms with E-state index in [9.17, 15) is 0 Å². The first-order valence-electron chi connectivity index (χ1n) is 2.93. The summed E-state index contributed by atoms with van der Waals surface area (Å²) in [6.45, 7) is 0. The van der Waals surface area contributed by atoms with Crippen molar-refractivity contribution in [3.05, 3.63) is 24.3 Å². The van der Waals surface area contributed by atoms with E-state index in [1.165, 1.54) is 10.8 Å². The first-order chi connectivity index (χ1) is 5.38. The maximum Gasteiger partial charge on any atom is 0.176 e. The van der Waals surface area contributed by atoms with Crippen LogP contribution in [0.4, 0.5) is 5.69 Å². The predicted molar refractivity (Wildman–Crippen MR) is 45.9 cm³/mol. The number of para-hydroxylation sites is 1. The third-order valence-electron chi connectivity index (χ3n) is 1.19. The number of hydrogen-bond donors (Lipinski definition) is 3. The van der Waals surface area contributed by atoms with Crippen molar-refractivity contribution < 1.29 is 15.2 Å². The van der Waals surface area contributed by atoms with E-state index in [1.807, 2.05) is 18.2 Å². The van der Waals surface area contributed by atoms with Crippen LogP contribution in [0.25, 0.3) is 0 Å². The number of nitrogens with two attached hydrogens (primary N) is 1. The number of hydrogen-bond acceptors (Lipinski definition) is 4. The zero-order valence-electron chi connectivity index (χ0n) is 5.60. The minimum Gasteiger partial charge on any atom is -0.320 e. The van der Waals surface area contributed by atoms with Crippen LogP contribution in [-0.4, -0.2) is 9.76 Å². The van der Waals surface area contributed by atoms with Crippen molar-refractivity contribution in [2.24, 2.45) is 0 Å². The Kier molecular flexibility index (Phi) is 3.74. The van der Waals surface area contributed by atoms with Gasteiger partial charge in [0.25, 0.3) is 0 Å². The lowest BCUT2D eigenvalue weighted by molar-refractivity contribution is -0.827. The average molecular weight is 190 g/mol. The Bertz CT molecular complexity index is 232. The fraction of sp³-hybridized carbons (Fsp3) is 0. The molecule has 4 N–H and O–H groups in total. The minimum absolute atomic E-state index is 0.670. The summed E-state index contributed by atoms with van der Waals surface area (Å²) >= 11 is 0.670. The number of rotatable bonds is 3. The average Bonchev–Trinajstić information content (AvgIpc) is 2.06. The van der Waals surface area contributed by atoms with Crippen molar-refractivity contribution in [3.8, 4) is 0 Å². The lowest BCUT2D eigenvalue weighted by Crippen LogP contribution is -2.73. The van der Waals surface area contributed by atoms with Gasteiger partial charge in [-0.15, -0.1) is 0 Å². The highest BCUT2D eigenvalue weighted by atomic mass is 33.1. The summed E-state index contributed by atoms with van der Waals surface area (Å²) in [5.74, 6) is 0. The van der Waals surface area contributed by atoms with Gasteiger partial charge in [0.05, 0.1) is 16.0 Å². The summed E-state index contributed by atoms with van der Waals surface area (Å²) in [6, 6.07) is 7.29. The Balaban J connectivity index is 2.83. The zero-order valence-corrected chi connectivity index (χ0v) is 7.23. The van der Waals surface area contributed by atoms with Crippen molar-refractivity contribution in [2.45, 2.75) is 4.90 Å². The highest BCUT2D eigenvalue weighted by Gasteiger charge is 2.03. The number of quaternary nitrogens is 1. The van der Waals surface area contributed by atoms with Crippen LogP contribution in [0.3, 0.4) is 0 Å². The molecule has 0 saturated heterocycles. The summed E-state index contributed by atoms with van der Waals surface area (Å²) in [5, 5.41) is 8.72. The summed E-state index contributed by atoms with van der Waals surface area (Å²) in [5.41, 5.74) is 1.75. The minimum atomic E-state index is 0.670. The molecule has 0 bridgehead atoms. The second kappa shape index (κ2) is 4.63. The van der Waals surface area contributed by atoms with Crippen LogP contribution < -0.4 is 5.48 Å². The molecule has 0 radical (unpaired) electrons. The Morgan fingerprint density at radius 3 is 2.64 bits per heavy atom. The van der Waals surface area contributed by atoms with Gasteiger partial charge in [-0.25, -0.2) is 5.21 Å². The Morgan fingerprint density at radius 1 is 1.27 bits per heavy atom. The Labute approximate surface area is 72.4 Å². The fourth-order valence-electron chi connectivity index (χ4n) is 0.703. The molecule has 1 aromatic rings. The lowest BCUT2D eigenvalue weighted by atomic mass is 10.3. The third-order valence-corrected chi connectivity index (χ3v) is 2.57. The lowest BCUT2D eigenvalue weighted by Gasteiger charge is -1.98. The molecule has 3 nitrogen and oxygen atoms in total. The quantitative estimate of drug-likeness (QED) is 0.292. The summed E-state index contributed by atoms with van der Waals surface area (Å²) < 4.78 is 8.52. The smallest absolute Gasteiger partial charge is 0.176 e. The molecule has 0 aliphatic carbocycles. The molecule has 0 saturated carbocycles. The highest BCUT2D eigenvalue weighted by molar-refractivity contribution is 8.74. The molecule has 0 heterocycles. The molecule has 0 aliphatic rings. The SMILES string of the molecule is O[NH2+]c1ccccc1SSO. The molecular weight excluding hydrogens is 182 g/mol. The first kappa shape index (κ1) is 8.89. The first-order valence-corrected chi connectivity index (χ1v) is 5.03. The topological polar surface area (TPSA) is 57.1 Å².